The van der Waals surface area contributed by atoms with Gasteiger partial charge in [0, 0.05) is 7.05 Å². The Bertz CT molecular complexity index is 1240. The number of hydrogen-bond donors (Lipinski definition) is 1. The zero-order valence-corrected chi connectivity index (χ0v) is 17.9. The van der Waals surface area contributed by atoms with Gasteiger partial charge in [-0.25, -0.2) is 9.07 Å². The van der Waals surface area contributed by atoms with Crippen LogP contribution in [-0.2, 0) is 13.5 Å². The Morgan fingerprint density at radius 3 is 2.55 bits per heavy atom. The van der Waals surface area contributed by atoms with Gasteiger partial charge >= 0.3 is 0 Å². The van der Waals surface area contributed by atoms with Crippen molar-refractivity contribution in [3.05, 3.63) is 65.7 Å². The summed E-state index contributed by atoms with van der Waals surface area (Å²) in [6.45, 7) is 5.85. The minimum absolute atomic E-state index is 0.0625. The summed E-state index contributed by atoms with van der Waals surface area (Å²) in [5, 5.41) is 12.6. The smallest absolute Gasteiger partial charge is 0.275 e. The second-order valence-corrected chi connectivity index (χ2v) is 7.51. The summed E-state index contributed by atoms with van der Waals surface area (Å²) in [5.41, 5.74) is 2.67. The first-order valence-electron chi connectivity index (χ1n) is 10.2. The van der Waals surface area contributed by atoms with E-state index in [1.165, 1.54) is 12.1 Å². The molecule has 1 N–H and O–H groups in total. The molecule has 0 spiro atoms. The van der Waals surface area contributed by atoms with E-state index in [0.717, 1.165) is 17.6 Å². The molecule has 0 aliphatic heterocycles. The zero-order valence-electron chi connectivity index (χ0n) is 17.9. The fourth-order valence-corrected chi connectivity index (χ4v) is 3.44. The highest BCUT2D eigenvalue weighted by Gasteiger charge is 2.21. The van der Waals surface area contributed by atoms with E-state index in [1.54, 1.807) is 34.6 Å². The highest BCUT2D eigenvalue weighted by atomic mass is 19.1. The molecule has 0 atom stereocenters. The van der Waals surface area contributed by atoms with Gasteiger partial charge in [0.25, 0.3) is 5.91 Å². The highest BCUT2D eigenvalue weighted by Crippen LogP contribution is 2.34. The molecule has 0 aliphatic carbocycles. The fourth-order valence-electron chi connectivity index (χ4n) is 3.44. The third-order valence-electron chi connectivity index (χ3n) is 4.86. The minimum atomic E-state index is -0.333. The molecule has 0 saturated carbocycles. The highest BCUT2D eigenvalue weighted by molar-refractivity contribution is 6.08. The van der Waals surface area contributed by atoms with Crippen LogP contribution in [0.2, 0.25) is 0 Å². The first-order valence-corrected chi connectivity index (χ1v) is 10.2. The molecule has 31 heavy (non-hydrogen) atoms. The maximum absolute atomic E-state index is 13.4. The van der Waals surface area contributed by atoms with Crippen molar-refractivity contribution in [1.29, 1.82) is 0 Å². The number of carbonyl (C=O) groups is 1. The van der Waals surface area contributed by atoms with Crippen molar-refractivity contribution in [3.8, 4) is 11.4 Å². The number of benzene rings is 2. The predicted molar refractivity (Wildman–Crippen MR) is 117 cm³/mol. The number of rotatable bonds is 6. The summed E-state index contributed by atoms with van der Waals surface area (Å²) in [7, 11) is 1.73. The molecule has 0 saturated heterocycles. The maximum Gasteiger partial charge on any atom is 0.275 e. The number of aryl methyl sites for hydroxylation is 2. The summed E-state index contributed by atoms with van der Waals surface area (Å²) in [5.74, 6) is 0.315. The molecule has 1 amide bonds. The number of amides is 1. The Balaban J connectivity index is 1.83. The van der Waals surface area contributed by atoms with Gasteiger partial charge < -0.3 is 10.1 Å². The van der Waals surface area contributed by atoms with E-state index < -0.39 is 0 Å². The lowest BCUT2D eigenvalue weighted by Gasteiger charge is -2.11. The van der Waals surface area contributed by atoms with Crippen LogP contribution in [-0.4, -0.2) is 31.6 Å². The molecular weight excluding hydrogens is 397 g/mol. The lowest BCUT2D eigenvalue weighted by molar-refractivity contribution is 0.101. The number of carbonyl (C=O) groups excluding carboxylic acids is 1. The Morgan fingerprint density at radius 1 is 1.16 bits per heavy atom. The molecule has 8 heteroatoms. The van der Waals surface area contributed by atoms with Crippen LogP contribution in [0.4, 0.5) is 10.2 Å². The van der Waals surface area contributed by atoms with Crippen LogP contribution in [0.25, 0.3) is 16.6 Å². The summed E-state index contributed by atoms with van der Waals surface area (Å²) in [6.07, 6.45) is 0.669. The number of aromatic nitrogens is 4. The second-order valence-electron chi connectivity index (χ2n) is 7.51. The largest absolute Gasteiger partial charge is 0.490 e. The van der Waals surface area contributed by atoms with Gasteiger partial charge in [0.05, 0.1) is 28.4 Å². The van der Waals surface area contributed by atoms with E-state index in [1.807, 2.05) is 39.0 Å². The lowest BCUT2D eigenvalue weighted by atomic mass is 10.2. The van der Waals surface area contributed by atoms with Gasteiger partial charge in [-0.05, 0) is 62.7 Å². The van der Waals surface area contributed by atoms with Crippen molar-refractivity contribution in [1.82, 2.24) is 19.6 Å². The number of halogens is 1. The Hall–Kier alpha value is -3.68. The van der Waals surface area contributed by atoms with E-state index in [9.17, 15) is 9.18 Å². The molecule has 2 heterocycles. The molecule has 0 radical (unpaired) electrons. The van der Waals surface area contributed by atoms with E-state index >= 15 is 0 Å². The van der Waals surface area contributed by atoms with Crippen molar-refractivity contribution in [2.24, 2.45) is 7.05 Å². The average molecular weight is 421 g/mol. The van der Waals surface area contributed by atoms with Gasteiger partial charge in [0.2, 0.25) is 0 Å². The first kappa shape index (κ1) is 20.6. The lowest BCUT2D eigenvalue weighted by Crippen LogP contribution is -2.17. The number of hydrogen-bond acceptors (Lipinski definition) is 4. The number of nitrogens with zero attached hydrogens (tertiary/aromatic N) is 4. The molecule has 160 valence electrons. The average Bonchev–Trinajstić information content (AvgIpc) is 3.29. The summed E-state index contributed by atoms with van der Waals surface area (Å²) in [6, 6.07) is 13.4. The van der Waals surface area contributed by atoms with E-state index in [2.05, 4.69) is 15.5 Å². The molecular formula is C23H24FN5O2. The number of nitrogens with one attached hydrogen (secondary N) is 1. The third-order valence-corrected chi connectivity index (χ3v) is 4.86. The molecule has 7 nitrogen and oxygen atoms in total. The number of ether oxygens (including phenoxy) is 1. The Morgan fingerprint density at radius 2 is 1.90 bits per heavy atom. The van der Waals surface area contributed by atoms with Crippen LogP contribution in [0, 0.1) is 5.82 Å². The molecule has 4 aromatic rings. The van der Waals surface area contributed by atoms with Crippen molar-refractivity contribution < 1.29 is 13.9 Å². The van der Waals surface area contributed by atoms with Crippen LogP contribution in [0.5, 0.6) is 5.75 Å². The summed E-state index contributed by atoms with van der Waals surface area (Å²) >= 11 is 0. The minimum Gasteiger partial charge on any atom is -0.490 e. The molecule has 4 rings (SSSR count). The summed E-state index contributed by atoms with van der Waals surface area (Å²) in [4.78, 5) is 13.0. The Labute approximate surface area is 179 Å². The van der Waals surface area contributed by atoms with E-state index in [-0.39, 0.29) is 17.8 Å². The van der Waals surface area contributed by atoms with E-state index in [4.69, 9.17) is 4.74 Å². The molecule has 2 aromatic heterocycles. The van der Waals surface area contributed by atoms with Gasteiger partial charge in [-0.15, -0.1) is 5.10 Å². The van der Waals surface area contributed by atoms with Gasteiger partial charge in [0.1, 0.15) is 17.3 Å². The van der Waals surface area contributed by atoms with Gasteiger partial charge in [-0.3, -0.25) is 9.48 Å². The second kappa shape index (κ2) is 8.22. The fraction of sp³-hybridized carbons (Fsp3) is 0.261. The standard InChI is InChI=1S/C23H24FN5O2/c1-5-16-13-19(28(4)26-16)23(30)25-22-21-18(7-6-8-20(21)31-14(2)3)29(27-22)17-11-9-15(24)10-12-17/h6-14H,5H2,1-4H3,(H,25,27,30). The van der Waals surface area contributed by atoms with Gasteiger partial charge in [0.15, 0.2) is 5.82 Å². The zero-order chi connectivity index (χ0) is 22.1. The monoisotopic (exact) mass is 421 g/mol. The molecule has 0 unspecified atom stereocenters. The number of fused-ring (bicyclic) bond motifs is 1. The van der Waals surface area contributed by atoms with Crippen molar-refractivity contribution in [2.75, 3.05) is 5.32 Å². The van der Waals surface area contributed by atoms with Crippen LogP contribution in [0.3, 0.4) is 0 Å². The molecule has 0 bridgehead atoms. The topological polar surface area (TPSA) is 74.0 Å². The molecule has 2 aromatic carbocycles. The van der Waals surface area contributed by atoms with Crippen molar-refractivity contribution in [2.45, 2.75) is 33.3 Å². The quantitative estimate of drug-likeness (QED) is 0.497. The number of anilines is 1. The summed E-state index contributed by atoms with van der Waals surface area (Å²) < 4.78 is 22.6. The van der Waals surface area contributed by atoms with Crippen molar-refractivity contribution >= 4 is 22.6 Å². The van der Waals surface area contributed by atoms with Crippen LogP contribution >= 0.6 is 0 Å². The maximum atomic E-state index is 13.4. The SMILES string of the molecule is CCc1cc(C(=O)Nc2nn(-c3ccc(F)cc3)c3cccc(OC(C)C)c23)n(C)n1. The van der Waals surface area contributed by atoms with Gasteiger partial charge in [-0.2, -0.15) is 5.10 Å². The third kappa shape index (κ3) is 4.01. The first-order chi connectivity index (χ1) is 14.9. The van der Waals surface area contributed by atoms with E-state index in [0.29, 0.717) is 28.3 Å². The van der Waals surface area contributed by atoms with Crippen LogP contribution in [0.15, 0.2) is 48.5 Å². The van der Waals surface area contributed by atoms with Crippen LogP contribution in [0.1, 0.15) is 37.0 Å². The van der Waals surface area contributed by atoms with Gasteiger partial charge in [-0.1, -0.05) is 13.0 Å². The normalized spacial score (nSPS) is 11.3. The predicted octanol–water partition coefficient (Wildman–Crippen LogP) is 4.50. The molecule has 0 fully saturated rings. The van der Waals surface area contributed by atoms with Crippen molar-refractivity contribution in [3.63, 3.8) is 0 Å². The molecule has 0 aliphatic rings. The van der Waals surface area contributed by atoms with Crippen LogP contribution < -0.4 is 10.1 Å². The Kier molecular flexibility index (Phi) is 5.46.